The number of aromatic nitrogens is 3. The number of rotatable bonds is 6. The molecule has 164 valence electrons. The Labute approximate surface area is 190 Å². The van der Waals surface area contributed by atoms with Crippen LogP contribution in [0, 0.1) is 6.92 Å². The van der Waals surface area contributed by atoms with E-state index in [-0.39, 0.29) is 5.91 Å². The SMILES string of the molecule is Cc1c(C(=O)Nc2nc(-c3ccc(N(C)S(C)(=O)=O)cc3)cs2)cnn1-c1ccccc1. The maximum Gasteiger partial charge on any atom is 0.260 e. The minimum Gasteiger partial charge on any atom is -0.298 e. The average molecular weight is 468 g/mol. The number of nitrogens with one attached hydrogen (secondary N) is 1. The fourth-order valence-electron chi connectivity index (χ4n) is 3.12. The molecule has 0 spiro atoms. The molecule has 0 aliphatic carbocycles. The Morgan fingerprint density at radius 2 is 1.78 bits per heavy atom. The molecule has 2 aromatic heterocycles. The van der Waals surface area contributed by atoms with Crippen molar-refractivity contribution in [3.05, 3.63) is 77.4 Å². The van der Waals surface area contributed by atoms with Crippen molar-refractivity contribution in [2.75, 3.05) is 22.9 Å². The summed E-state index contributed by atoms with van der Waals surface area (Å²) in [6, 6.07) is 16.6. The molecule has 0 saturated carbocycles. The first-order valence-electron chi connectivity index (χ1n) is 9.65. The molecule has 0 fully saturated rings. The van der Waals surface area contributed by atoms with E-state index >= 15 is 0 Å². The van der Waals surface area contributed by atoms with Crippen LogP contribution in [0.25, 0.3) is 16.9 Å². The number of sulfonamides is 1. The Bertz CT molecular complexity index is 1360. The fourth-order valence-corrected chi connectivity index (χ4v) is 4.34. The van der Waals surface area contributed by atoms with E-state index in [1.807, 2.05) is 42.6 Å². The van der Waals surface area contributed by atoms with E-state index < -0.39 is 10.0 Å². The van der Waals surface area contributed by atoms with E-state index in [1.54, 1.807) is 35.1 Å². The van der Waals surface area contributed by atoms with Gasteiger partial charge in [-0.15, -0.1) is 11.3 Å². The van der Waals surface area contributed by atoms with Crippen molar-refractivity contribution in [2.45, 2.75) is 6.92 Å². The summed E-state index contributed by atoms with van der Waals surface area (Å²) < 4.78 is 26.3. The number of amides is 1. The quantitative estimate of drug-likeness (QED) is 0.463. The van der Waals surface area contributed by atoms with Crippen LogP contribution in [-0.4, -0.2) is 42.4 Å². The molecule has 0 aliphatic heterocycles. The molecule has 0 aliphatic rings. The van der Waals surface area contributed by atoms with Crippen molar-refractivity contribution >= 4 is 38.1 Å². The van der Waals surface area contributed by atoms with E-state index in [4.69, 9.17) is 0 Å². The number of hydrogen-bond donors (Lipinski definition) is 1. The molecule has 0 saturated heterocycles. The Morgan fingerprint density at radius 3 is 2.44 bits per heavy atom. The Kier molecular flexibility index (Phi) is 5.81. The molecule has 0 bridgehead atoms. The molecule has 2 heterocycles. The third-order valence-electron chi connectivity index (χ3n) is 5.00. The summed E-state index contributed by atoms with van der Waals surface area (Å²) in [4.78, 5) is 17.3. The van der Waals surface area contributed by atoms with Crippen LogP contribution in [0.2, 0.25) is 0 Å². The van der Waals surface area contributed by atoms with Crippen LogP contribution < -0.4 is 9.62 Å². The first-order chi connectivity index (χ1) is 15.2. The van der Waals surface area contributed by atoms with Gasteiger partial charge in [0.1, 0.15) is 0 Å². The number of para-hydroxylation sites is 1. The zero-order valence-electron chi connectivity index (χ0n) is 17.7. The van der Waals surface area contributed by atoms with E-state index in [1.165, 1.54) is 22.7 Å². The Hall–Kier alpha value is -3.50. The molecule has 8 nitrogen and oxygen atoms in total. The summed E-state index contributed by atoms with van der Waals surface area (Å²) >= 11 is 1.31. The van der Waals surface area contributed by atoms with Gasteiger partial charge in [-0.25, -0.2) is 18.1 Å². The van der Waals surface area contributed by atoms with Crippen LogP contribution in [0.1, 0.15) is 16.1 Å². The Balaban J connectivity index is 1.49. The largest absolute Gasteiger partial charge is 0.298 e. The van der Waals surface area contributed by atoms with Crippen LogP contribution in [0.3, 0.4) is 0 Å². The number of carbonyl (C=O) groups excluding carboxylic acids is 1. The summed E-state index contributed by atoms with van der Waals surface area (Å²) in [5, 5.41) is 9.47. The second kappa shape index (κ2) is 8.56. The van der Waals surface area contributed by atoms with Gasteiger partial charge >= 0.3 is 0 Å². The van der Waals surface area contributed by atoms with Crippen molar-refractivity contribution in [3.63, 3.8) is 0 Å². The van der Waals surface area contributed by atoms with Gasteiger partial charge in [-0.05, 0) is 31.2 Å². The van der Waals surface area contributed by atoms with Gasteiger partial charge in [0.05, 0.1) is 40.8 Å². The first-order valence-corrected chi connectivity index (χ1v) is 12.4. The average Bonchev–Trinajstić information content (AvgIpc) is 3.40. The minimum absolute atomic E-state index is 0.282. The molecule has 4 aromatic rings. The number of anilines is 2. The molecule has 32 heavy (non-hydrogen) atoms. The molecule has 1 N–H and O–H groups in total. The molecule has 2 aromatic carbocycles. The lowest BCUT2D eigenvalue weighted by Gasteiger charge is -2.16. The summed E-state index contributed by atoms with van der Waals surface area (Å²) in [6.07, 6.45) is 2.70. The fraction of sp³-hybridized carbons (Fsp3) is 0.136. The van der Waals surface area contributed by atoms with Gasteiger partial charge < -0.3 is 0 Å². The van der Waals surface area contributed by atoms with Gasteiger partial charge in [-0.2, -0.15) is 5.10 Å². The van der Waals surface area contributed by atoms with Crippen molar-refractivity contribution < 1.29 is 13.2 Å². The summed E-state index contributed by atoms with van der Waals surface area (Å²) in [5.74, 6) is -0.282. The normalized spacial score (nSPS) is 11.3. The van der Waals surface area contributed by atoms with Crippen molar-refractivity contribution in [1.82, 2.24) is 14.8 Å². The molecule has 0 radical (unpaired) electrons. The summed E-state index contributed by atoms with van der Waals surface area (Å²) in [6.45, 7) is 1.84. The third-order valence-corrected chi connectivity index (χ3v) is 6.97. The predicted molar refractivity (Wildman–Crippen MR) is 127 cm³/mol. The highest BCUT2D eigenvalue weighted by Gasteiger charge is 2.17. The number of carbonyl (C=O) groups is 1. The van der Waals surface area contributed by atoms with Crippen LogP contribution >= 0.6 is 11.3 Å². The topological polar surface area (TPSA) is 97.2 Å². The van der Waals surface area contributed by atoms with Gasteiger partial charge in [-0.1, -0.05) is 30.3 Å². The minimum atomic E-state index is -3.32. The molecular weight excluding hydrogens is 446 g/mol. The van der Waals surface area contributed by atoms with Crippen molar-refractivity contribution in [2.24, 2.45) is 0 Å². The predicted octanol–water partition coefficient (Wildman–Crippen LogP) is 3.95. The van der Waals surface area contributed by atoms with E-state index in [9.17, 15) is 13.2 Å². The molecular formula is C22H21N5O3S2. The van der Waals surface area contributed by atoms with E-state index in [0.29, 0.717) is 22.1 Å². The highest BCUT2D eigenvalue weighted by atomic mass is 32.2. The van der Waals surface area contributed by atoms with Gasteiger partial charge in [0.25, 0.3) is 5.91 Å². The van der Waals surface area contributed by atoms with Gasteiger partial charge in [0, 0.05) is 18.0 Å². The van der Waals surface area contributed by atoms with Gasteiger partial charge in [0.2, 0.25) is 10.0 Å². The lowest BCUT2D eigenvalue weighted by atomic mass is 10.1. The highest BCUT2D eigenvalue weighted by Crippen LogP contribution is 2.27. The number of hydrogen-bond acceptors (Lipinski definition) is 6. The van der Waals surface area contributed by atoms with Crippen molar-refractivity contribution in [3.8, 4) is 16.9 Å². The highest BCUT2D eigenvalue weighted by molar-refractivity contribution is 7.92. The molecule has 0 atom stereocenters. The monoisotopic (exact) mass is 467 g/mol. The second-order valence-corrected chi connectivity index (χ2v) is 10.0. The van der Waals surface area contributed by atoms with Gasteiger partial charge in [0.15, 0.2) is 5.13 Å². The van der Waals surface area contributed by atoms with Crippen LogP contribution in [0.5, 0.6) is 0 Å². The van der Waals surface area contributed by atoms with Gasteiger partial charge in [-0.3, -0.25) is 14.4 Å². The zero-order chi connectivity index (χ0) is 22.9. The van der Waals surface area contributed by atoms with Crippen LogP contribution in [0.15, 0.2) is 66.2 Å². The second-order valence-electron chi connectivity index (χ2n) is 7.16. The maximum absolute atomic E-state index is 12.8. The lowest BCUT2D eigenvalue weighted by Crippen LogP contribution is -2.24. The summed E-state index contributed by atoms with van der Waals surface area (Å²) in [5.41, 5.74) is 4.15. The zero-order valence-corrected chi connectivity index (χ0v) is 19.3. The number of benzene rings is 2. The number of nitrogens with zero attached hydrogens (tertiary/aromatic N) is 4. The number of thiazole rings is 1. The van der Waals surface area contributed by atoms with Crippen LogP contribution in [0.4, 0.5) is 10.8 Å². The smallest absolute Gasteiger partial charge is 0.260 e. The van der Waals surface area contributed by atoms with Crippen molar-refractivity contribution in [1.29, 1.82) is 0 Å². The summed E-state index contributed by atoms with van der Waals surface area (Å²) in [7, 11) is -1.82. The first kappa shape index (κ1) is 21.7. The molecule has 1 amide bonds. The van der Waals surface area contributed by atoms with Crippen LogP contribution in [-0.2, 0) is 10.0 Å². The Morgan fingerprint density at radius 1 is 1.09 bits per heavy atom. The van der Waals surface area contributed by atoms with E-state index in [0.717, 1.165) is 23.2 Å². The lowest BCUT2D eigenvalue weighted by molar-refractivity contribution is 0.102. The molecule has 4 rings (SSSR count). The van der Waals surface area contributed by atoms with E-state index in [2.05, 4.69) is 15.4 Å². The third kappa shape index (κ3) is 4.41. The molecule has 0 unspecified atom stereocenters. The molecule has 10 heteroatoms. The maximum atomic E-state index is 12.8. The standard InChI is InChI=1S/C22H21N5O3S2/c1-15-19(13-23-27(15)18-7-5-4-6-8-18)21(28)25-22-24-20(14-31-22)16-9-11-17(12-10-16)26(2)32(3,29)30/h4-14H,1-3H3,(H,24,25,28).